The van der Waals surface area contributed by atoms with E-state index in [-0.39, 0.29) is 18.6 Å². The highest BCUT2D eigenvalue weighted by molar-refractivity contribution is 7.48. The molecule has 178 valence electrons. The highest BCUT2D eigenvalue weighted by Crippen LogP contribution is 2.52. The van der Waals surface area contributed by atoms with E-state index < -0.39 is 50.6 Å². The zero-order valence-corrected chi connectivity index (χ0v) is 20.0. The standard InChI is InChI=1S/C20H39O9P/c1-11(2)8-15-20(17(21)13(5)9-25-15)29-30(23,24-7)26-10-16-19(27-12(3)4)18(22)14(6)28-16/h11-22H,8-10H2,1-7H3/t13-,14+,15-,16-,17?,18?,19?,20?,30?/m1/s1. The van der Waals surface area contributed by atoms with E-state index in [2.05, 4.69) is 0 Å². The summed E-state index contributed by atoms with van der Waals surface area (Å²) >= 11 is 0. The van der Waals surface area contributed by atoms with Gasteiger partial charge in [-0.1, -0.05) is 20.8 Å². The van der Waals surface area contributed by atoms with Crippen molar-refractivity contribution in [3.8, 4) is 0 Å². The van der Waals surface area contributed by atoms with Crippen molar-refractivity contribution in [1.29, 1.82) is 0 Å². The van der Waals surface area contributed by atoms with Crippen LogP contribution in [-0.2, 0) is 32.3 Å². The fourth-order valence-electron chi connectivity index (χ4n) is 3.79. The lowest BCUT2D eigenvalue weighted by Gasteiger charge is -2.40. The maximum Gasteiger partial charge on any atom is 0.475 e. The van der Waals surface area contributed by atoms with Crippen molar-refractivity contribution in [2.45, 2.75) is 96.8 Å². The van der Waals surface area contributed by atoms with Gasteiger partial charge in [0.15, 0.2) is 0 Å². The van der Waals surface area contributed by atoms with E-state index in [0.29, 0.717) is 18.9 Å². The molecule has 0 aliphatic carbocycles. The lowest BCUT2D eigenvalue weighted by molar-refractivity contribution is -0.162. The highest BCUT2D eigenvalue weighted by atomic mass is 31.2. The lowest BCUT2D eigenvalue weighted by Crippen LogP contribution is -2.50. The molecule has 0 radical (unpaired) electrons. The molecule has 2 heterocycles. The molecule has 2 rings (SSSR count). The van der Waals surface area contributed by atoms with Crippen LogP contribution in [0.25, 0.3) is 0 Å². The second kappa shape index (κ2) is 11.2. The molecule has 2 N–H and O–H groups in total. The van der Waals surface area contributed by atoms with Crippen LogP contribution < -0.4 is 0 Å². The molecular weight excluding hydrogens is 415 g/mol. The Bertz CT molecular complexity index is 572. The van der Waals surface area contributed by atoms with E-state index >= 15 is 0 Å². The molecule has 5 unspecified atom stereocenters. The summed E-state index contributed by atoms with van der Waals surface area (Å²) in [5.74, 6) is 0.120. The first-order chi connectivity index (χ1) is 14.0. The van der Waals surface area contributed by atoms with Crippen molar-refractivity contribution >= 4 is 7.82 Å². The third kappa shape index (κ3) is 6.70. The van der Waals surface area contributed by atoms with Gasteiger partial charge in [-0.25, -0.2) is 4.57 Å². The predicted octanol–water partition coefficient (Wildman–Crippen LogP) is 2.53. The van der Waals surface area contributed by atoms with Crippen molar-refractivity contribution in [1.82, 2.24) is 0 Å². The van der Waals surface area contributed by atoms with Crippen molar-refractivity contribution in [2.75, 3.05) is 20.3 Å². The summed E-state index contributed by atoms with van der Waals surface area (Å²) in [6.07, 6.45) is -4.16. The first-order valence-corrected chi connectivity index (χ1v) is 12.2. The van der Waals surface area contributed by atoms with Gasteiger partial charge < -0.3 is 24.4 Å². The van der Waals surface area contributed by atoms with Gasteiger partial charge in [-0.2, -0.15) is 0 Å². The first-order valence-electron chi connectivity index (χ1n) is 10.7. The first kappa shape index (κ1) is 26.2. The molecule has 2 aliphatic rings. The number of aliphatic hydroxyl groups is 2. The molecule has 0 aromatic heterocycles. The van der Waals surface area contributed by atoms with Crippen LogP contribution >= 0.6 is 7.82 Å². The van der Waals surface area contributed by atoms with E-state index in [0.717, 1.165) is 0 Å². The van der Waals surface area contributed by atoms with E-state index in [4.69, 9.17) is 27.8 Å². The number of aliphatic hydroxyl groups excluding tert-OH is 2. The Morgan fingerprint density at radius 2 is 1.73 bits per heavy atom. The molecule has 0 spiro atoms. The molecule has 0 saturated carbocycles. The molecule has 10 heteroatoms. The fourth-order valence-corrected chi connectivity index (χ4v) is 4.93. The maximum atomic E-state index is 13.2. The number of ether oxygens (including phenoxy) is 3. The number of hydrogen-bond donors (Lipinski definition) is 2. The van der Waals surface area contributed by atoms with Crippen molar-refractivity contribution in [3.05, 3.63) is 0 Å². The monoisotopic (exact) mass is 454 g/mol. The molecule has 2 fully saturated rings. The summed E-state index contributed by atoms with van der Waals surface area (Å²) in [6.45, 7) is 11.6. The summed E-state index contributed by atoms with van der Waals surface area (Å²) in [4.78, 5) is 0. The summed E-state index contributed by atoms with van der Waals surface area (Å²) < 4.78 is 46.9. The average molecular weight is 454 g/mol. The Hall–Kier alpha value is -0.0900. The summed E-state index contributed by atoms with van der Waals surface area (Å²) in [6, 6.07) is 0. The molecule has 9 nitrogen and oxygen atoms in total. The Morgan fingerprint density at radius 1 is 1.07 bits per heavy atom. The van der Waals surface area contributed by atoms with Crippen molar-refractivity contribution < 1.29 is 42.6 Å². The van der Waals surface area contributed by atoms with Gasteiger partial charge in [0.1, 0.15) is 24.4 Å². The van der Waals surface area contributed by atoms with Gasteiger partial charge in [0.2, 0.25) is 0 Å². The Kier molecular flexibility index (Phi) is 9.74. The molecule has 0 aromatic carbocycles. The molecular formula is C20H39O9P. The molecule has 30 heavy (non-hydrogen) atoms. The number of rotatable bonds is 10. The molecule has 0 aromatic rings. The largest absolute Gasteiger partial charge is 0.475 e. The lowest BCUT2D eigenvalue weighted by atomic mass is 9.90. The van der Waals surface area contributed by atoms with Gasteiger partial charge in [-0.3, -0.25) is 13.6 Å². The van der Waals surface area contributed by atoms with E-state index in [9.17, 15) is 14.8 Å². The minimum absolute atomic E-state index is 0.126. The second-order valence-electron chi connectivity index (χ2n) is 8.98. The normalized spacial score (nSPS) is 39.6. The third-order valence-electron chi connectivity index (χ3n) is 5.44. The highest BCUT2D eigenvalue weighted by Gasteiger charge is 2.47. The van der Waals surface area contributed by atoms with Crippen LogP contribution in [0.4, 0.5) is 0 Å². The van der Waals surface area contributed by atoms with Crippen LogP contribution in [-0.4, -0.2) is 79.4 Å². The van der Waals surface area contributed by atoms with Crippen LogP contribution in [0, 0.1) is 11.8 Å². The smallest absolute Gasteiger partial charge is 0.390 e. The molecule has 0 amide bonds. The number of phosphoric ester groups is 1. The van der Waals surface area contributed by atoms with Crippen LogP contribution in [0.1, 0.15) is 48.0 Å². The van der Waals surface area contributed by atoms with Gasteiger partial charge in [0, 0.05) is 13.0 Å². The molecule has 2 aliphatic heterocycles. The van der Waals surface area contributed by atoms with Crippen molar-refractivity contribution in [2.24, 2.45) is 11.8 Å². The van der Waals surface area contributed by atoms with Crippen LogP contribution in [0.15, 0.2) is 0 Å². The SMILES string of the molecule is COP(=O)(OC[C@H]1O[C@@H](C)C(O)C1OC(C)C)OC1C(O)[C@H](C)CO[C@@H]1CC(C)C. The zero-order valence-electron chi connectivity index (χ0n) is 19.1. The van der Waals surface area contributed by atoms with Gasteiger partial charge in [0.25, 0.3) is 0 Å². The topological polar surface area (TPSA) is 113 Å². The summed E-state index contributed by atoms with van der Waals surface area (Å²) in [5.41, 5.74) is 0. The van der Waals surface area contributed by atoms with Crippen LogP contribution in [0.2, 0.25) is 0 Å². The maximum absolute atomic E-state index is 13.2. The Balaban J connectivity index is 2.07. The Morgan fingerprint density at radius 3 is 2.30 bits per heavy atom. The van der Waals surface area contributed by atoms with E-state index in [1.54, 1.807) is 6.92 Å². The van der Waals surface area contributed by atoms with Gasteiger partial charge in [0.05, 0.1) is 37.6 Å². The minimum Gasteiger partial charge on any atom is -0.390 e. The Labute approximate surface area is 179 Å². The fraction of sp³-hybridized carbons (Fsp3) is 1.00. The molecule has 9 atom stereocenters. The predicted molar refractivity (Wildman–Crippen MR) is 110 cm³/mol. The zero-order chi connectivity index (χ0) is 22.6. The van der Waals surface area contributed by atoms with Crippen LogP contribution in [0.5, 0.6) is 0 Å². The third-order valence-corrected chi connectivity index (χ3v) is 6.85. The summed E-state index contributed by atoms with van der Waals surface area (Å²) in [7, 11) is -2.79. The van der Waals surface area contributed by atoms with E-state index in [1.165, 1.54) is 7.11 Å². The van der Waals surface area contributed by atoms with Crippen molar-refractivity contribution in [3.63, 3.8) is 0 Å². The molecule has 2 saturated heterocycles. The molecule has 0 bridgehead atoms. The van der Waals surface area contributed by atoms with E-state index in [1.807, 2.05) is 34.6 Å². The van der Waals surface area contributed by atoms with Gasteiger partial charge >= 0.3 is 7.82 Å². The quantitative estimate of drug-likeness (QED) is 0.481. The number of hydrogen-bond acceptors (Lipinski definition) is 9. The van der Waals surface area contributed by atoms with Crippen LogP contribution in [0.3, 0.4) is 0 Å². The minimum atomic E-state index is -4.02. The summed E-state index contributed by atoms with van der Waals surface area (Å²) in [5, 5.41) is 21.0. The second-order valence-corrected chi connectivity index (χ2v) is 10.7. The average Bonchev–Trinajstić information content (AvgIpc) is 2.93. The van der Waals surface area contributed by atoms with Gasteiger partial charge in [-0.15, -0.1) is 0 Å². The number of phosphoric acid groups is 1. The van der Waals surface area contributed by atoms with Gasteiger partial charge in [-0.05, 0) is 33.1 Å².